The summed E-state index contributed by atoms with van der Waals surface area (Å²) in [7, 11) is 0. The van der Waals surface area contributed by atoms with Crippen molar-refractivity contribution in [3.63, 3.8) is 0 Å². The molecule has 0 saturated carbocycles. The van der Waals surface area contributed by atoms with E-state index >= 15 is 0 Å². The topological polar surface area (TPSA) is 55.6 Å². The molecule has 1 saturated heterocycles. The van der Waals surface area contributed by atoms with Crippen LogP contribution < -0.4 is 5.73 Å². The van der Waals surface area contributed by atoms with E-state index in [-0.39, 0.29) is 24.2 Å². The lowest BCUT2D eigenvalue weighted by Gasteiger charge is -2.41. The van der Waals surface area contributed by atoms with Crippen molar-refractivity contribution in [1.82, 2.24) is 4.90 Å². The van der Waals surface area contributed by atoms with Crippen LogP contribution >= 0.6 is 0 Å². The number of ether oxygens (including phenoxy) is 1. The van der Waals surface area contributed by atoms with Gasteiger partial charge in [0.05, 0.1) is 0 Å². The Labute approximate surface area is 98.1 Å². The molecule has 1 aliphatic rings. The van der Waals surface area contributed by atoms with Gasteiger partial charge in [-0.1, -0.05) is 0 Å². The van der Waals surface area contributed by atoms with E-state index in [1.165, 1.54) is 0 Å². The molecule has 0 bridgehead atoms. The lowest BCUT2D eigenvalue weighted by Crippen LogP contribution is -2.54. The van der Waals surface area contributed by atoms with Gasteiger partial charge >= 0.3 is 6.09 Å². The van der Waals surface area contributed by atoms with Crippen molar-refractivity contribution in [2.45, 2.75) is 71.2 Å². The normalized spacial score (nSPS) is 31.4. The standard InChI is InChI=1S/C12H24N2O2/c1-8-6-10(13)7-9(2)14(8)11(15)16-12(3,4)5/h8-10H,6-7,13H2,1-5H3/t8-,9-/m1/s1. The highest BCUT2D eigenvalue weighted by atomic mass is 16.6. The summed E-state index contributed by atoms with van der Waals surface area (Å²) in [5.41, 5.74) is 5.49. The lowest BCUT2D eigenvalue weighted by atomic mass is 9.94. The molecule has 0 aliphatic carbocycles. The van der Waals surface area contributed by atoms with Gasteiger partial charge in [-0.15, -0.1) is 0 Å². The number of carbonyl (C=O) groups is 1. The minimum absolute atomic E-state index is 0.161. The minimum atomic E-state index is -0.434. The molecule has 94 valence electrons. The second-order valence-corrected chi connectivity index (χ2v) is 5.82. The third-order valence-corrected chi connectivity index (χ3v) is 2.84. The lowest BCUT2D eigenvalue weighted by molar-refractivity contribution is -0.00210. The number of rotatable bonds is 0. The fourth-order valence-corrected chi connectivity index (χ4v) is 2.31. The van der Waals surface area contributed by atoms with Gasteiger partial charge < -0.3 is 15.4 Å². The van der Waals surface area contributed by atoms with Crippen LogP contribution in [0.4, 0.5) is 4.79 Å². The molecule has 16 heavy (non-hydrogen) atoms. The number of hydrogen-bond acceptors (Lipinski definition) is 3. The molecule has 0 spiro atoms. The minimum Gasteiger partial charge on any atom is -0.444 e. The number of nitrogens with zero attached hydrogens (tertiary/aromatic N) is 1. The van der Waals surface area contributed by atoms with Gasteiger partial charge in [0.1, 0.15) is 5.60 Å². The predicted molar refractivity (Wildman–Crippen MR) is 64.2 cm³/mol. The smallest absolute Gasteiger partial charge is 0.410 e. The molecule has 2 N–H and O–H groups in total. The number of carbonyl (C=O) groups excluding carboxylic acids is 1. The Morgan fingerprint density at radius 2 is 1.69 bits per heavy atom. The fourth-order valence-electron chi connectivity index (χ4n) is 2.31. The summed E-state index contributed by atoms with van der Waals surface area (Å²) < 4.78 is 5.40. The predicted octanol–water partition coefficient (Wildman–Crippen LogP) is 2.12. The molecular weight excluding hydrogens is 204 g/mol. The molecule has 1 rings (SSSR count). The first kappa shape index (κ1) is 13.3. The molecule has 0 aromatic rings. The van der Waals surface area contributed by atoms with Crippen molar-refractivity contribution in [2.75, 3.05) is 0 Å². The van der Waals surface area contributed by atoms with E-state index < -0.39 is 5.60 Å². The number of nitrogens with two attached hydrogens (primary N) is 1. The Hall–Kier alpha value is -0.770. The molecule has 1 fully saturated rings. The molecule has 1 amide bonds. The zero-order chi connectivity index (χ0) is 12.5. The van der Waals surface area contributed by atoms with Crippen LogP contribution in [0.25, 0.3) is 0 Å². The van der Waals surface area contributed by atoms with E-state index in [0.29, 0.717) is 0 Å². The Kier molecular flexibility index (Phi) is 3.84. The Bertz CT molecular complexity index is 248. The highest BCUT2D eigenvalue weighted by Gasteiger charge is 2.35. The van der Waals surface area contributed by atoms with Crippen molar-refractivity contribution in [3.8, 4) is 0 Å². The van der Waals surface area contributed by atoms with Crippen LogP contribution in [0.2, 0.25) is 0 Å². The monoisotopic (exact) mass is 228 g/mol. The van der Waals surface area contributed by atoms with E-state index in [9.17, 15) is 4.79 Å². The van der Waals surface area contributed by atoms with E-state index in [1.807, 2.05) is 39.5 Å². The van der Waals surface area contributed by atoms with Crippen molar-refractivity contribution in [3.05, 3.63) is 0 Å². The summed E-state index contributed by atoms with van der Waals surface area (Å²) in [6.07, 6.45) is 1.48. The van der Waals surface area contributed by atoms with Gasteiger partial charge in [0.25, 0.3) is 0 Å². The first-order valence-electron chi connectivity index (χ1n) is 5.97. The quantitative estimate of drug-likeness (QED) is 0.691. The summed E-state index contributed by atoms with van der Waals surface area (Å²) in [5, 5.41) is 0. The van der Waals surface area contributed by atoms with Gasteiger partial charge in [-0.05, 0) is 47.5 Å². The van der Waals surface area contributed by atoms with Crippen molar-refractivity contribution < 1.29 is 9.53 Å². The second kappa shape index (κ2) is 4.62. The van der Waals surface area contributed by atoms with Crippen LogP contribution in [0.3, 0.4) is 0 Å². The molecule has 0 aromatic carbocycles. The van der Waals surface area contributed by atoms with E-state index in [4.69, 9.17) is 10.5 Å². The summed E-state index contributed by atoms with van der Waals surface area (Å²) in [6, 6.07) is 0.519. The van der Waals surface area contributed by atoms with Crippen molar-refractivity contribution >= 4 is 6.09 Å². The maximum atomic E-state index is 12.0. The van der Waals surface area contributed by atoms with Crippen LogP contribution in [-0.4, -0.2) is 34.7 Å². The molecule has 4 heteroatoms. The number of amides is 1. The zero-order valence-corrected chi connectivity index (χ0v) is 11.0. The van der Waals surface area contributed by atoms with Crippen LogP contribution in [0.15, 0.2) is 0 Å². The largest absolute Gasteiger partial charge is 0.444 e. The summed E-state index contributed by atoms with van der Waals surface area (Å²) >= 11 is 0. The van der Waals surface area contributed by atoms with Crippen LogP contribution in [-0.2, 0) is 4.74 Å². The maximum absolute atomic E-state index is 12.0. The number of hydrogen-bond donors (Lipinski definition) is 1. The Balaban J connectivity index is 2.67. The Morgan fingerprint density at radius 3 is 2.06 bits per heavy atom. The van der Waals surface area contributed by atoms with Crippen LogP contribution in [0, 0.1) is 0 Å². The molecule has 0 unspecified atom stereocenters. The average Bonchev–Trinajstić information content (AvgIpc) is 1.96. The molecule has 1 heterocycles. The van der Waals surface area contributed by atoms with Gasteiger partial charge in [-0.25, -0.2) is 4.79 Å². The first-order chi connectivity index (χ1) is 7.20. The molecular formula is C12H24N2O2. The average molecular weight is 228 g/mol. The second-order valence-electron chi connectivity index (χ2n) is 5.82. The van der Waals surface area contributed by atoms with Gasteiger partial charge in [-0.3, -0.25) is 0 Å². The first-order valence-corrected chi connectivity index (χ1v) is 5.97. The molecule has 1 aliphatic heterocycles. The van der Waals surface area contributed by atoms with Gasteiger partial charge in [0.15, 0.2) is 0 Å². The maximum Gasteiger partial charge on any atom is 0.410 e. The van der Waals surface area contributed by atoms with Gasteiger partial charge in [0.2, 0.25) is 0 Å². The van der Waals surface area contributed by atoms with E-state index in [1.54, 1.807) is 0 Å². The highest BCUT2D eigenvalue weighted by Crippen LogP contribution is 2.24. The fraction of sp³-hybridized carbons (Fsp3) is 0.917. The van der Waals surface area contributed by atoms with Gasteiger partial charge in [-0.2, -0.15) is 0 Å². The molecule has 0 radical (unpaired) electrons. The van der Waals surface area contributed by atoms with E-state index in [0.717, 1.165) is 12.8 Å². The SMILES string of the molecule is C[C@@H]1CC(N)C[C@@H](C)N1C(=O)OC(C)(C)C. The number of likely N-dealkylation sites (tertiary alicyclic amines) is 1. The van der Waals surface area contributed by atoms with Crippen molar-refractivity contribution in [1.29, 1.82) is 0 Å². The van der Waals surface area contributed by atoms with Crippen LogP contribution in [0.1, 0.15) is 47.5 Å². The molecule has 0 aromatic heterocycles. The Morgan fingerprint density at radius 1 is 1.25 bits per heavy atom. The molecule has 2 atom stereocenters. The van der Waals surface area contributed by atoms with Crippen molar-refractivity contribution in [2.24, 2.45) is 5.73 Å². The van der Waals surface area contributed by atoms with E-state index in [2.05, 4.69) is 0 Å². The summed E-state index contributed by atoms with van der Waals surface area (Å²) in [6.45, 7) is 9.71. The highest BCUT2D eigenvalue weighted by molar-refractivity contribution is 5.69. The third-order valence-electron chi connectivity index (χ3n) is 2.84. The summed E-state index contributed by atoms with van der Waals surface area (Å²) in [5.74, 6) is 0. The zero-order valence-electron chi connectivity index (χ0n) is 11.0. The molecule has 4 nitrogen and oxygen atoms in total. The van der Waals surface area contributed by atoms with Crippen LogP contribution in [0.5, 0.6) is 0 Å². The van der Waals surface area contributed by atoms with Gasteiger partial charge in [0, 0.05) is 18.1 Å². The number of piperidine rings is 1. The third kappa shape index (κ3) is 3.37. The summed E-state index contributed by atoms with van der Waals surface area (Å²) in [4.78, 5) is 13.8.